The van der Waals surface area contributed by atoms with E-state index in [1.54, 1.807) is 11.1 Å². The molecular formula is C19H21ClN2. The molecule has 2 aromatic carbocycles. The van der Waals surface area contributed by atoms with Crippen molar-refractivity contribution in [3.63, 3.8) is 0 Å². The fourth-order valence-corrected chi connectivity index (χ4v) is 4.06. The number of hydrogen-bond acceptors (Lipinski definition) is 2. The minimum Gasteiger partial charge on any atom is -0.369 e. The molecule has 0 saturated carbocycles. The third-order valence-electron chi connectivity index (χ3n) is 5.03. The standard InChI is InChI=1S/C19H21ClN2/c20-16-5-3-6-17(14-16)21-10-12-22(13-11-21)19-9-8-15-4-1-2-7-18(15)19/h1-7,14,19H,8-13H2. The molecule has 2 aliphatic rings. The molecule has 3 heteroatoms. The van der Waals surface area contributed by atoms with Crippen LogP contribution >= 0.6 is 11.6 Å². The summed E-state index contributed by atoms with van der Waals surface area (Å²) < 4.78 is 0. The molecule has 2 aromatic rings. The van der Waals surface area contributed by atoms with Crippen molar-refractivity contribution < 1.29 is 0 Å². The molecule has 0 radical (unpaired) electrons. The summed E-state index contributed by atoms with van der Waals surface area (Å²) >= 11 is 6.12. The zero-order chi connectivity index (χ0) is 14.9. The number of hydrogen-bond donors (Lipinski definition) is 0. The highest BCUT2D eigenvalue weighted by Crippen LogP contribution is 2.36. The second kappa shape index (κ2) is 5.94. The van der Waals surface area contributed by atoms with Crippen molar-refractivity contribution in [2.45, 2.75) is 18.9 Å². The summed E-state index contributed by atoms with van der Waals surface area (Å²) in [5.74, 6) is 0. The largest absolute Gasteiger partial charge is 0.369 e. The van der Waals surface area contributed by atoms with E-state index in [4.69, 9.17) is 11.6 Å². The van der Waals surface area contributed by atoms with Crippen molar-refractivity contribution in [3.05, 3.63) is 64.7 Å². The van der Waals surface area contributed by atoms with Crippen molar-refractivity contribution in [3.8, 4) is 0 Å². The first kappa shape index (κ1) is 14.1. The first-order chi connectivity index (χ1) is 10.8. The summed E-state index contributed by atoms with van der Waals surface area (Å²) in [5.41, 5.74) is 4.35. The van der Waals surface area contributed by atoms with E-state index in [-0.39, 0.29) is 0 Å². The molecule has 1 aliphatic carbocycles. The zero-order valence-electron chi connectivity index (χ0n) is 12.7. The van der Waals surface area contributed by atoms with Gasteiger partial charge in [0.2, 0.25) is 0 Å². The Morgan fingerprint density at radius 1 is 0.909 bits per heavy atom. The maximum absolute atomic E-state index is 6.12. The van der Waals surface area contributed by atoms with E-state index in [1.165, 1.54) is 18.5 Å². The lowest BCUT2D eigenvalue weighted by atomic mass is 10.1. The highest BCUT2D eigenvalue weighted by molar-refractivity contribution is 6.30. The summed E-state index contributed by atoms with van der Waals surface area (Å²) in [6.07, 6.45) is 2.51. The molecule has 0 bridgehead atoms. The van der Waals surface area contributed by atoms with Crippen LogP contribution in [0.15, 0.2) is 48.5 Å². The van der Waals surface area contributed by atoms with Crippen LogP contribution in [0.2, 0.25) is 5.02 Å². The number of rotatable bonds is 2. The summed E-state index contributed by atoms with van der Waals surface area (Å²) in [4.78, 5) is 5.11. The van der Waals surface area contributed by atoms with E-state index < -0.39 is 0 Å². The molecule has 1 aliphatic heterocycles. The maximum atomic E-state index is 6.12. The van der Waals surface area contributed by atoms with Gasteiger partial charge in [-0.2, -0.15) is 0 Å². The van der Waals surface area contributed by atoms with Crippen LogP contribution in [0.4, 0.5) is 5.69 Å². The quantitative estimate of drug-likeness (QED) is 0.822. The Kier molecular flexibility index (Phi) is 3.81. The Hall–Kier alpha value is -1.51. The minimum atomic E-state index is 0.623. The van der Waals surface area contributed by atoms with Crippen LogP contribution in [0.25, 0.3) is 0 Å². The third kappa shape index (κ3) is 2.62. The van der Waals surface area contributed by atoms with Crippen LogP contribution in [0.3, 0.4) is 0 Å². The van der Waals surface area contributed by atoms with Crippen molar-refractivity contribution in [2.75, 3.05) is 31.1 Å². The summed E-state index contributed by atoms with van der Waals surface area (Å²) in [7, 11) is 0. The van der Waals surface area contributed by atoms with E-state index in [9.17, 15) is 0 Å². The van der Waals surface area contributed by atoms with Gasteiger partial charge in [0.25, 0.3) is 0 Å². The van der Waals surface area contributed by atoms with E-state index in [0.29, 0.717) is 6.04 Å². The topological polar surface area (TPSA) is 6.48 Å². The van der Waals surface area contributed by atoms with Crippen LogP contribution in [0, 0.1) is 0 Å². The summed E-state index contributed by atoms with van der Waals surface area (Å²) in [6.45, 7) is 4.43. The minimum absolute atomic E-state index is 0.623. The van der Waals surface area contributed by atoms with Gasteiger partial charge in [-0.15, -0.1) is 0 Å². The number of halogens is 1. The lowest BCUT2D eigenvalue weighted by Crippen LogP contribution is -2.47. The summed E-state index contributed by atoms with van der Waals surface area (Å²) in [5, 5.41) is 0.824. The fourth-order valence-electron chi connectivity index (χ4n) is 3.88. The summed E-state index contributed by atoms with van der Waals surface area (Å²) in [6, 6.07) is 17.8. The lowest BCUT2D eigenvalue weighted by molar-refractivity contribution is 0.185. The second-order valence-corrected chi connectivity index (χ2v) is 6.69. The molecule has 1 heterocycles. The molecule has 0 N–H and O–H groups in total. The molecule has 1 fully saturated rings. The van der Waals surface area contributed by atoms with Gasteiger partial charge in [-0.05, 0) is 42.2 Å². The van der Waals surface area contributed by atoms with E-state index >= 15 is 0 Å². The van der Waals surface area contributed by atoms with Gasteiger partial charge in [0, 0.05) is 42.9 Å². The normalized spacial score (nSPS) is 21.9. The van der Waals surface area contributed by atoms with Crippen molar-refractivity contribution in [2.24, 2.45) is 0 Å². The Morgan fingerprint density at radius 3 is 2.55 bits per heavy atom. The van der Waals surface area contributed by atoms with Crippen molar-refractivity contribution >= 4 is 17.3 Å². The number of benzene rings is 2. The molecule has 1 unspecified atom stereocenters. The van der Waals surface area contributed by atoms with Crippen LogP contribution < -0.4 is 4.90 Å². The third-order valence-corrected chi connectivity index (χ3v) is 5.26. The van der Waals surface area contributed by atoms with Crippen LogP contribution in [-0.4, -0.2) is 31.1 Å². The van der Waals surface area contributed by atoms with Gasteiger partial charge in [-0.25, -0.2) is 0 Å². The van der Waals surface area contributed by atoms with E-state index in [2.05, 4.69) is 46.2 Å². The molecule has 4 rings (SSSR count). The van der Waals surface area contributed by atoms with Crippen molar-refractivity contribution in [1.29, 1.82) is 0 Å². The van der Waals surface area contributed by atoms with Gasteiger partial charge in [0.1, 0.15) is 0 Å². The smallest absolute Gasteiger partial charge is 0.0426 e. The number of nitrogens with zero attached hydrogens (tertiary/aromatic N) is 2. The second-order valence-electron chi connectivity index (χ2n) is 6.26. The first-order valence-corrected chi connectivity index (χ1v) is 8.51. The fraction of sp³-hybridized carbons (Fsp3) is 0.368. The number of aryl methyl sites for hydroxylation is 1. The SMILES string of the molecule is Clc1cccc(N2CCN(C3CCc4ccccc43)CC2)c1. The Morgan fingerprint density at radius 2 is 1.73 bits per heavy atom. The molecule has 22 heavy (non-hydrogen) atoms. The van der Waals surface area contributed by atoms with Crippen LogP contribution in [0.1, 0.15) is 23.6 Å². The Balaban J connectivity index is 1.45. The molecule has 1 saturated heterocycles. The number of anilines is 1. The molecule has 2 nitrogen and oxygen atoms in total. The van der Waals surface area contributed by atoms with Gasteiger partial charge in [-0.3, -0.25) is 4.90 Å². The van der Waals surface area contributed by atoms with E-state index in [1.807, 2.05) is 12.1 Å². The van der Waals surface area contributed by atoms with Gasteiger partial charge in [0.05, 0.1) is 0 Å². The Bertz CT molecular complexity index is 662. The Labute approximate surface area is 137 Å². The van der Waals surface area contributed by atoms with Gasteiger partial charge < -0.3 is 4.90 Å². The monoisotopic (exact) mass is 312 g/mol. The van der Waals surface area contributed by atoms with Crippen LogP contribution in [0.5, 0.6) is 0 Å². The predicted octanol–water partition coefficient (Wildman–Crippen LogP) is 4.15. The highest BCUT2D eigenvalue weighted by Gasteiger charge is 2.29. The molecule has 0 amide bonds. The molecule has 0 spiro atoms. The zero-order valence-corrected chi connectivity index (χ0v) is 13.5. The van der Waals surface area contributed by atoms with Gasteiger partial charge >= 0.3 is 0 Å². The van der Waals surface area contributed by atoms with Crippen molar-refractivity contribution in [1.82, 2.24) is 4.90 Å². The predicted molar refractivity (Wildman–Crippen MR) is 92.7 cm³/mol. The lowest BCUT2D eigenvalue weighted by Gasteiger charge is -2.39. The molecule has 0 aromatic heterocycles. The molecular weight excluding hydrogens is 292 g/mol. The van der Waals surface area contributed by atoms with Crippen LogP contribution in [-0.2, 0) is 6.42 Å². The molecule has 114 valence electrons. The average Bonchev–Trinajstić information content (AvgIpc) is 2.99. The number of fused-ring (bicyclic) bond motifs is 1. The van der Waals surface area contributed by atoms with E-state index in [0.717, 1.165) is 31.2 Å². The highest BCUT2D eigenvalue weighted by atomic mass is 35.5. The first-order valence-electron chi connectivity index (χ1n) is 8.13. The molecule has 1 atom stereocenters. The number of piperazine rings is 1. The average molecular weight is 313 g/mol. The van der Waals surface area contributed by atoms with Gasteiger partial charge in [0.15, 0.2) is 0 Å². The van der Waals surface area contributed by atoms with Gasteiger partial charge in [-0.1, -0.05) is 41.9 Å². The maximum Gasteiger partial charge on any atom is 0.0426 e.